The highest BCUT2D eigenvalue weighted by atomic mass is 79.9. The van der Waals surface area contributed by atoms with Crippen molar-refractivity contribution in [1.29, 1.82) is 0 Å². The minimum Gasteiger partial charge on any atom is -0.494 e. The number of rotatable bonds is 14. The summed E-state index contributed by atoms with van der Waals surface area (Å²) in [6, 6.07) is 16.6. The number of hydrogen-bond acceptors (Lipinski definition) is 5. The summed E-state index contributed by atoms with van der Waals surface area (Å²) >= 11 is 15.9. The fraction of sp³-hybridized carbons (Fsp3) is 0.333. The van der Waals surface area contributed by atoms with E-state index in [1.54, 1.807) is 61.5 Å². The second-order valence-electron chi connectivity index (χ2n) is 9.36. The van der Waals surface area contributed by atoms with E-state index in [-0.39, 0.29) is 23.0 Å². The van der Waals surface area contributed by atoms with Crippen LogP contribution in [-0.4, -0.2) is 50.9 Å². The molecule has 1 N–H and O–H groups in total. The third-order valence-corrected chi connectivity index (χ3v) is 9.31. The van der Waals surface area contributed by atoms with Crippen molar-refractivity contribution < 1.29 is 22.7 Å². The second kappa shape index (κ2) is 15.6. The molecule has 0 radical (unpaired) electrons. The Hall–Kier alpha value is -2.79. The standard InChI is InChI=1S/C30H34BrCl2N3O5S/c1-4-17-34-30(38)28(5-2)35(19-21-7-10-23(32)18-27(21)33)29(37)20-36(24-11-13-25(14-12-24)41-6-3)42(39,40)26-15-8-22(31)9-16-26/h7-16,18,28H,4-6,17,19-20H2,1-3H3,(H,34,38). The van der Waals surface area contributed by atoms with Crippen LogP contribution in [0.15, 0.2) is 76.1 Å². The first-order valence-electron chi connectivity index (χ1n) is 13.5. The van der Waals surface area contributed by atoms with Gasteiger partial charge in [0.1, 0.15) is 18.3 Å². The highest BCUT2D eigenvalue weighted by Crippen LogP contribution is 2.28. The molecular weight excluding hydrogens is 665 g/mol. The molecule has 0 saturated carbocycles. The molecule has 0 heterocycles. The predicted molar refractivity (Wildman–Crippen MR) is 171 cm³/mol. The minimum atomic E-state index is -4.20. The van der Waals surface area contributed by atoms with Gasteiger partial charge >= 0.3 is 0 Å². The first-order valence-corrected chi connectivity index (χ1v) is 16.5. The summed E-state index contributed by atoms with van der Waals surface area (Å²) in [7, 11) is -4.20. The van der Waals surface area contributed by atoms with Gasteiger partial charge < -0.3 is 15.0 Å². The highest BCUT2D eigenvalue weighted by molar-refractivity contribution is 9.10. The van der Waals surface area contributed by atoms with Crippen LogP contribution in [0.25, 0.3) is 0 Å². The summed E-state index contributed by atoms with van der Waals surface area (Å²) in [6.07, 6.45) is 1.02. The van der Waals surface area contributed by atoms with Crippen molar-refractivity contribution in [1.82, 2.24) is 10.2 Å². The van der Waals surface area contributed by atoms with Crippen molar-refractivity contribution >= 4 is 66.7 Å². The number of nitrogens with one attached hydrogen (secondary N) is 1. The average Bonchev–Trinajstić information content (AvgIpc) is 2.96. The first kappa shape index (κ1) is 33.7. The van der Waals surface area contributed by atoms with Gasteiger partial charge in [0.2, 0.25) is 11.8 Å². The molecule has 0 aliphatic heterocycles. The van der Waals surface area contributed by atoms with Gasteiger partial charge in [0.25, 0.3) is 10.0 Å². The quantitative estimate of drug-likeness (QED) is 0.203. The molecule has 3 rings (SSSR count). The van der Waals surface area contributed by atoms with Crippen LogP contribution in [0.5, 0.6) is 5.75 Å². The molecule has 0 aliphatic carbocycles. The number of ether oxygens (including phenoxy) is 1. The van der Waals surface area contributed by atoms with Crippen LogP contribution in [0.2, 0.25) is 10.0 Å². The minimum absolute atomic E-state index is 0.00686. The highest BCUT2D eigenvalue weighted by Gasteiger charge is 2.34. The Labute approximate surface area is 266 Å². The van der Waals surface area contributed by atoms with Crippen LogP contribution in [0.4, 0.5) is 5.69 Å². The summed E-state index contributed by atoms with van der Waals surface area (Å²) in [5.41, 5.74) is 0.835. The van der Waals surface area contributed by atoms with Crippen molar-refractivity contribution in [3.63, 3.8) is 0 Å². The second-order valence-corrected chi connectivity index (χ2v) is 13.0. The topological polar surface area (TPSA) is 96.0 Å². The molecule has 12 heteroatoms. The van der Waals surface area contributed by atoms with Crippen LogP contribution in [0, 0.1) is 0 Å². The number of benzene rings is 3. The van der Waals surface area contributed by atoms with Gasteiger partial charge in [-0.15, -0.1) is 0 Å². The third-order valence-electron chi connectivity index (χ3n) is 6.41. The Kier molecular flexibility index (Phi) is 12.5. The van der Waals surface area contributed by atoms with E-state index in [0.717, 1.165) is 10.7 Å². The summed E-state index contributed by atoms with van der Waals surface area (Å²) in [4.78, 5) is 28.7. The first-order chi connectivity index (χ1) is 20.0. The lowest BCUT2D eigenvalue weighted by Crippen LogP contribution is -2.52. The Morgan fingerprint density at radius 2 is 1.64 bits per heavy atom. The van der Waals surface area contributed by atoms with Crippen molar-refractivity contribution in [2.75, 3.05) is 24.0 Å². The van der Waals surface area contributed by atoms with Crippen LogP contribution >= 0.6 is 39.1 Å². The van der Waals surface area contributed by atoms with Gasteiger partial charge in [-0.25, -0.2) is 8.42 Å². The monoisotopic (exact) mass is 697 g/mol. The van der Waals surface area contributed by atoms with E-state index in [2.05, 4.69) is 21.2 Å². The lowest BCUT2D eigenvalue weighted by Gasteiger charge is -2.33. The SMILES string of the molecule is CCCNC(=O)C(CC)N(Cc1ccc(Cl)cc1Cl)C(=O)CN(c1ccc(OCC)cc1)S(=O)(=O)c1ccc(Br)cc1. The van der Waals surface area contributed by atoms with Gasteiger partial charge in [0.05, 0.1) is 17.2 Å². The van der Waals surface area contributed by atoms with Crippen LogP contribution in [-0.2, 0) is 26.2 Å². The molecule has 0 aromatic heterocycles. The number of halogens is 3. The van der Waals surface area contributed by atoms with Gasteiger partial charge in [-0.1, -0.05) is 59.0 Å². The van der Waals surface area contributed by atoms with Crippen LogP contribution in [0.1, 0.15) is 39.2 Å². The molecule has 0 saturated heterocycles. The van der Waals surface area contributed by atoms with Gasteiger partial charge in [-0.2, -0.15) is 0 Å². The summed E-state index contributed by atoms with van der Waals surface area (Å²) in [5.74, 6) is -0.346. The largest absolute Gasteiger partial charge is 0.494 e. The number of anilines is 1. The average molecular weight is 699 g/mol. The zero-order valence-corrected chi connectivity index (χ0v) is 27.6. The smallest absolute Gasteiger partial charge is 0.264 e. The van der Waals surface area contributed by atoms with Gasteiger partial charge in [0.15, 0.2) is 0 Å². The Bertz CT molecular complexity index is 1470. The Morgan fingerprint density at radius 3 is 2.21 bits per heavy atom. The van der Waals surface area contributed by atoms with E-state index in [9.17, 15) is 18.0 Å². The normalized spacial score (nSPS) is 12.0. The van der Waals surface area contributed by atoms with Gasteiger partial charge in [-0.05, 0) is 86.0 Å². The van der Waals surface area contributed by atoms with E-state index < -0.39 is 28.5 Å². The van der Waals surface area contributed by atoms with E-state index in [0.29, 0.717) is 45.4 Å². The lowest BCUT2D eigenvalue weighted by molar-refractivity contribution is -0.140. The van der Waals surface area contributed by atoms with Crippen LogP contribution in [0.3, 0.4) is 0 Å². The van der Waals surface area contributed by atoms with Crippen LogP contribution < -0.4 is 14.4 Å². The number of nitrogens with zero attached hydrogens (tertiary/aromatic N) is 2. The molecule has 0 aliphatic rings. The molecule has 1 unspecified atom stereocenters. The zero-order chi connectivity index (χ0) is 30.9. The van der Waals surface area contributed by atoms with E-state index in [1.165, 1.54) is 17.0 Å². The van der Waals surface area contributed by atoms with Gasteiger partial charge in [-0.3, -0.25) is 13.9 Å². The lowest BCUT2D eigenvalue weighted by atomic mass is 10.1. The summed E-state index contributed by atoms with van der Waals surface area (Å²) in [5, 5.41) is 3.61. The maximum Gasteiger partial charge on any atom is 0.264 e. The molecule has 0 spiro atoms. The Balaban J connectivity index is 2.07. The third kappa shape index (κ3) is 8.63. The number of carbonyl (C=O) groups excluding carboxylic acids is 2. The molecule has 226 valence electrons. The van der Waals surface area contributed by atoms with E-state index in [4.69, 9.17) is 27.9 Å². The molecule has 8 nitrogen and oxygen atoms in total. The number of hydrogen-bond donors (Lipinski definition) is 1. The molecule has 0 bridgehead atoms. The molecule has 2 amide bonds. The maximum atomic E-state index is 14.1. The summed E-state index contributed by atoms with van der Waals surface area (Å²) < 4.78 is 35.2. The van der Waals surface area contributed by atoms with Gasteiger partial charge in [0, 0.05) is 27.6 Å². The fourth-order valence-corrected chi connectivity index (χ4v) is 6.40. The molecule has 1 atom stereocenters. The zero-order valence-electron chi connectivity index (χ0n) is 23.6. The maximum absolute atomic E-state index is 14.1. The molecule has 3 aromatic carbocycles. The van der Waals surface area contributed by atoms with E-state index >= 15 is 0 Å². The molecule has 3 aromatic rings. The number of sulfonamides is 1. The van der Waals surface area contributed by atoms with Crippen molar-refractivity contribution in [3.05, 3.63) is 86.8 Å². The fourth-order valence-electron chi connectivity index (χ4n) is 4.26. The predicted octanol–water partition coefficient (Wildman–Crippen LogP) is 6.68. The number of amides is 2. The molecule has 42 heavy (non-hydrogen) atoms. The molecule has 0 fully saturated rings. The van der Waals surface area contributed by atoms with Crippen molar-refractivity contribution in [2.45, 2.75) is 51.1 Å². The Morgan fingerprint density at radius 1 is 0.976 bits per heavy atom. The number of carbonyl (C=O) groups is 2. The van der Waals surface area contributed by atoms with Crippen molar-refractivity contribution in [3.8, 4) is 5.75 Å². The molecular formula is C30H34BrCl2N3O5S. The van der Waals surface area contributed by atoms with E-state index in [1.807, 2.05) is 13.8 Å². The van der Waals surface area contributed by atoms with Crippen molar-refractivity contribution in [2.24, 2.45) is 0 Å². The summed E-state index contributed by atoms with van der Waals surface area (Å²) in [6.45, 7) is 5.87.